The lowest BCUT2D eigenvalue weighted by Gasteiger charge is -2.07. The van der Waals surface area contributed by atoms with E-state index < -0.39 is 5.97 Å². The van der Waals surface area contributed by atoms with Crippen LogP contribution in [0, 0.1) is 0 Å². The zero-order chi connectivity index (χ0) is 11.1. The molecule has 0 radical (unpaired) electrons. The molecule has 0 N–H and O–H groups in total. The zero-order valence-electron chi connectivity index (χ0n) is 8.86. The largest absolute Gasteiger partial charge is 0.494 e. The van der Waals surface area contributed by atoms with Crippen LogP contribution in [-0.2, 0) is 9.53 Å². The number of ether oxygens (including phenoxy) is 3. The minimum Gasteiger partial charge on any atom is -0.494 e. The number of carbonyl (C=O) groups excluding carboxylic acids is 1. The van der Waals surface area contributed by atoms with Gasteiger partial charge in [-0.05, 0) is 19.1 Å². The highest BCUT2D eigenvalue weighted by Gasteiger charge is 2.02. The highest BCUT2D eigenvalue weighted by molar-refractivity contribution is 5.70. The van der Waals surface area contributed by atoms with Crippen molar-refractivity contribution in [1.82, 2.24) is 0 Å². The third-order valence-corrected chi connectivity index (χ3v) is 1.70. The summed E-state index contributed by atoms with van der Waals surface area (Å²) in [5, 5.41) is 0. The Labute approximate surface area is 88.8 Å². The summed E-state index contributed by atoms with van der Waals surface area (Å²) in [6, 6.07) is 7.12. The molecule has 0 atom stereocenters. The molecule has 0 heterocycles. The van der Waals surface area contributed by atoms with Gasteiger partial charge in [-0.2, -0.15) is 0 Å². The van der Waals surface area contributed by atoms with Crippen molar-refractivity contribution in [3.8, 4) is 11.5 Å². The van der Waals surface area contributed by atoms with Crippen LogP contribution in [0.4, 0.5) is 0 Å². The molecule has 0 aromatic heterocycles. The molecule has 0 saturated heterocycles. The van der Waals surface area contributed by atoms with Crippen LogP contribution in [0.2, 0.25) is 0 Å². The van der Waals surface area contributed by atoms with E-state index in [0.717, 1.165) is 5.75 Å². The number of rotatable bonds is 5. The lowest BCUT2D eigenvalue weighted by Crippen LogP contribution is -2.12. The van der Waals surface area contributed by atoms with E-state index in [1.807, 2.05) is 13.0 Å². The third kappa shape index (κ3) is 3.89. The van der Waals surface area contributed by atoms with Gasteiger partial charge in [-0.3, -0.25) is 0 Å². The van der Waals surface area contributed by atoms with E-state index in [2.05, 4.69) is 4.74 Å². The Kier molecular flexibility index (Phi) is 4.47. The van der Waals surface area contributed by atoms with E-state index in [1.165, 1.54) is 7.11 Å². The maximum absolute atomic E-state index is 10.8. The summed E-state index contributed by atoms with van der Waals surface area (Å²) in [5.41, 5.74) is 0. The summed E-state index contributed by atoms with van der Waals surface area (Å²) in [6.45, 7) is 2.41. The first-order valence-corrected chi connectivity index (χ1v) is 4.68. The summed E-state index contributed by atoms with van der Waals surface area (Å²) < 4.78 is 14.9. The second kappa shape index (κ2) is 5.90. The third-order valence-electron chi connectivity index (χ3n) is 1.70. The Bertz CT molecular complexity index is 322. The fraction of sp³-hybridized carbons (Fsp3) is 0.364. The maximum atomic E-state index is 10.8. The summed E-state index contributed by atoms with van der Waals surface area (Å²) in [5.74, 6) is 0.906. The second-order valence-corrected chi connectivity index (χ2v) is 2.77. The number of esters is 1. The van der Waals surface area contributed by atoms with Gasteiger partial charge in [0.25, 0.3) is 0 Å². The van der Waals surface area contributed by atoms with Gasteiger partial charge in [0.2, 0.25) is 0 Å². The van der Waals surface area contributed by atoms with Crippen molar-refractivity contribution in [2.75, 3.05) is 20.3 Å². The van der Waals surface area contributed by atoms with E-state index in [4.69, 9.17) is 9.47 Å². The van der Waals surface area contributed by atoms with Gasteiger partial charge in [0.15, 0.2) is 6.61 Å². The first-order valence-electron chi connectivity index (χ1n) is 4.68. The second-order valence-electron chi connectivity index (χ2n) is 2.77. The summed E-state index contributed by atoms with van der Waals surface area (Å²) in [4.78, 5) is 10.8. The molecule has 0 fully saturated rings. The molecule has 0 aliphatic rings. The molecule has 15 heavy (non-hydrogen) atoms. The SMILES string of the molecule is CCOc1cccc(OCC(=O)OC)c1. The van der Waals surface area contributed by atoms with Crippen molar-refractivity contribution in [3.63, 3.8) is 0 Å². The molecule has 82 valence electrons. The van der Waals surface area contributed by atoms with E-state index in [9.17, 15) is 4.79 Å². The molecule has 0 aliphatic carbocycles. The molecule has 0 unspecified atom stereocenters. The maximum Gasteiger partial charge on any atom is 0.343 e. The van der Waals surface area contributed by atoms with Crippen molar-refractivity contribution in [2.24, 2.45) is 0 Å². The Balaban J connectivity index is 2.53. The standard InChI is InChI=1S/C11H14O4/c1-3-14-9-5-4-6-10(7-9)15-8-11(12)13-2/h4-7H,3,8H2,1-2H3. The lowest BCUT2D eigenvalue weighted by atomic mass is 10.3. The normalized spacial score (nSPS) is 9.47. The average molecular weight is 210 g/mol. The zero-order valence-corrected chi connectivity index (χ0v) is 8.86. The van der Waals surface area contributed by atoms with Crippen LogP contribution < -0.4 is 9.47 Å². The fourth-order valence-electron chi connectivity index (χ4n) is 1.02. The Morgan fingerprint density at radius 3 is 2.53 bits per heavy atom. The smallest absolute Gasteiger partial charge is 0.343 e. The van der Waals surface area contributed by atoms with Crippen LogP contribution in [0.3, 0.4) is 0 Å². The predicted octanol–water partition coefficient (Wildman–Crippen LogP) is 1.64. The first-order chi connectivity index (χ1) is 7.26. The van der Waals surface area contributed by atoms with Gasteiger partial charge in [-0.15, -0.1) is 0 Å². The average Bonchev–Trinajstić information content (AvgIpc) is 2.27. The van der Waals surface area contributed by atoms with Crippen LogP contribution >= 0.6 is 0 Å². The van der Waals surface area contributed by atoms with E-state index in [-0.39, 0.29) is 6.61 Å². The molecule has 0 saturated carbocycles. The molecule has 0 bridgehead atoms. The Hall–Kier alpha value is -1.71. The minimum absolute atomic E-state index is 0.0912. The fourth-order valence-corrected chi connectivity index (χ4v) is 1.02. The van der Waals surface area contributed by atoms with Crippen molar-refractivity contribution in [1.29, 1.82) is 0 Å². The molecule has 4 heteroatoms. The van der Waals surface area contributed by atoms with Gasteiger partial charge < -0.3 is 14.2 Å². The van der Waals surface area contributed by atoms with Gasteiger partial charge in [0.05, 0.1) is 13.7 Å². The molecule has 0 spiro atoms. The number of hydrogen-bond acceptors (Lipinski definition) is 4. The number of benzene rings is 1. The molecule has 0 amide bonds. The molecule has 1 aromatic rings. The molecule has 4 nitrogen and oxygen atoms in total. The van der Waals surface area contributed by atoms with Gasteiger partial charge in [0.1, 0.15) is 11.5 Å². The highest BCUT2D eigenvalue weighted by Crippen LogP contribution is 2.19. The number of hydrogen-bond donors (Lipinski definition) is 0. The predicted molar refractivity (Wildman–Crippen MR) is 55.1 cm³/mol. The van der Waals surface area contributed by atoms with Gasteiger partial charge in [-0.25, -0.2) is 4.79 Å². The van der Waals surface area contributed by atoms with Gasteiger partial charge in [-0.1, -0.05) is 6.07 Å². The van der Waals surface area contributed by atoms with Crippen LogP contribution in [0.1, 0.15) is 6.92 Å². The van der Waals surface area contributed by atoms with Gasteiger partial charge in [0, 0.05) is 6.07 Å². The molecule has 1 rings (SSSR count). The van der Waals surface area contributed by atoms with Crippen LogP contribution in [0.25, 0.3) is 0 Å². The molecule has 1 aromatic carbocycles. The lowest BCUT2D eigenvalue weighted by molar-refractivity contribution is -0.142. The first kappa shape index (κ1) is 11.4. The number of carbonyl (C=O) groups is 1. The molecular formula is C11H14O4. The van der Waals surface area contributed by atoms with Crippen molar-refractivity contribution in [3.05, 3.63) is 24.3 Å². The van der Waals surface area contributed by atoms with Crippen LogP contribution in [0.5, 0.6) is 11.5 Å². The quantitative estimate of drug-likeness (QED) is 0.693. The van der Waals surface area contributed by atoms with Gasteiger partial charge >= 0.3 is 5.97 Å². The van der Waals surface area contributed by atoms with Crippen molar-refractivity contribution < 1.29 is 19.0 Å². The topological polar surface area (TPSA) is 44.8 Å². The molecule has 0 aliphatic heterocycles. The van der Waals surface area contributed by atoms with Crippen molar-refractivity contribution >= 4 is 5.97 Å². The minimum atomic E-state index is -0.406. The monoisotopic (exact) mass is 210 g/mol. The molecular weight excluding hydrogens is 196 g/mol. The van der Waals surface area contributed by atoms with Crippen LogP contribution in [0.15, 0.2) is 24.3 Å². The van der Waals surface area contributed by atoms with E-state index in [1.54, 1.807) is 18.2 Å². The van der Waals surface area contributed by atoms with E-state index >= 15 is 0 Å². The van der Waals surface area contributed by atoms with Crippen molar-refractivity contribution in [2.45, 2.75) is 6.92 Å². The summed E-state index contributed by atoms with van der Waals surface area (Å²) in [6.07, 6.45) is 0. The summed E-state index contributed by atoms with van der Waals surface area (Å²) >= 11 is 0. The highest BCUT2D eigenvalue weighted by atomic mass is 16.6. The number of methoxy groups -OCH3 is 1. The Morgan fingerprint density at radius 2 is 1.93 bits per heavy atom. The van der Waals surface area contributed by atoms with Crippen LogP contribution in [-0.4, -0.2) is 26.3 Å². The van der Waals surface area contributed by atoms with E-state index in [0.29, 0.717) is 12.4 Å². The summed E-state index contributed by atoms with van der Waals surface area (Å²) in [7, 11) is 1.32. The Morgan fingerprint density at radius 1 is 1.27 bits per heavy atom.